The SMILES string of the molecule is N[C@H]([C@@H](N)C1CCCCC1)C(F)(F)F. The molecule has 1 aliphatic carbocycles. The van der Waals surface area contributed by atoms with Gasteiger partial charge in [0.25, 0.3) is 0 Å². The molecule has 0 heterocycles. The van der Waals surface area contributed by atoms with Crippen molar-refractivity contribution in [2.75, 3.05) is 0 Å². The lowest BCUT2D eigenvalue weighted by molar-refractivity contribution is -0.155. The van der Waals surface area contributed by atoms with Crippen LogP contribution in [0.4, 0.5) is 13.2 Å². The Labute approximate surface area is 81.8 Å². The molecule has 84 valence electrons. The van der Waals surface area contributed by atoms with Crippen LogP contribution >= 0.6 is 0 Å². The summed E-state index contributed by atoms with van der Waals surface area (Å²) in [5.74, 6) is -0.0552. The minimum atomic E-state index is -4.36. The van der Waals surface area contributed by atoms with Gasteiger partial charge in [0.05, 0.1) is 0 Å². The second-order valence-corrected chi connectivity index (χ2v) is 4.04. The van der Waals surface area contributed by atoms with Crippen molar-refractivity contribution in [2.24, 2.45) is 17.4 Å². The summed E-state index contributed by atoms with van der Waals surface area (Å²) in [6, 6.07) is -2.80. The van der Waals surface area contributed by atoms with Gasteiger partial charge in [-0.25, -0.2) is 0 Å². The molecule has 1 fully saturated rings. The third-order valence-electron chi connectivity index (χ3n) is 2.99. The Bertz CT molecular complexity index is 175. The smallest absolute Gasteiger partial charge is 0.326 e. The van der Waals surface area contributed by atoms with Gasteiger partial charge in [-0.1, -0.05) is 19.3 Å². The third-order valence-corrected chi connectivity index (χ3v) is 2.99. The van der Waals surface area contributed by atoms with Gasteiger partial charge in [0.15, 0.2) is 0 Å². The molecule has 0 aromatic carbocycles. The quantitative estimate of drug-likeness (QED) is 0.730. The molecule has 1 aliphatic rings. The molecule has 2 nitrogen and oxygen atoms in total. The van der Waals surface area contributed by atoms with Crippen molar-refractivity contribution in [3.8, 4) is 0 Å². The van der Waals surface area contributed by atoms with Gasteiger partial charge < -0.3 is 11.5 Å². The van der Waals surface area contributed by atoms with Crippen LogP contribution in [0.5, 0.6) is 0 Å². The van der Waals surface area contributed by atoms with Crippen molar-refractivity contribution < 1.29 is 13.2 Å². The monoisotopic (exact) mass is 210 g/mol. The number of rotatable bonds is 2. The molecular weight excluding hydrogens is 193 g/mol. The average Bonchev–Trinajstić information content (AvgIpc) is 2.15. The lowest BCUT2D eigenvalue weighted by Crippen LogP contribution is -2.54. The molecule has 0 aliphatic heterocycles. The fourth-order valence-electron chi connectivity index (χ4n) is 2.03. The Morgan fingerprint density at radius 3 is 1.93 bits per heavy atom. The molecule has 1 saturated carbocycles. The third kappa shape index (κ3) is 2.85. The molecule has 1 rings (SSSR count). The van der Waals surface area contributed by atoms with Crippen LogP contribution in [0.1, 0.15) is 32.1 Å². The second-order valence-electron chi connectivity index (χ2n) is 4.04. The topological polar surface area (TPSA) is 52.0 Å². The molecular formula is C9H17F3N2. The molecule has 14 heavy (non-hydrogen) atoms. The maximum absolute atomic E-state index is 12.2. The van der Waals surface area contributed by atoms with E-state index in [9.17, 15) is 13.2 Å². The Balaban J connectivity index is 2.50. The lowest BCUT2D eigenvalue weighted by Gasteiger charge is -2.32. The van der Waals surface area contributed by atoms with Gasteiger partial charge in [-0.3, -0.25) is 0 Å². The van der Waals surface area contributed by atoms with Crippen molar-refractivity contribution in [1.82, 2.24) is 0 Å². The average molecular weight is 210 g/mol. The molecule has 4 N–H and O–H groups in total. The van der Waals surface area contributed by atoms with Crippen molar-refractivity contribution in [1.29, 1.82) is 0 Å². The normalized spacial score (nSPS) is 24.6. The maximum Gasteiger partial charge on any atom is 0.405 e. The van der Waals surface area contributed by atoms with Gasteiger partial charge in [-0.2, -0.15) is 13.2 Å². The zero-order valence-corrected chi connectivity index (χ0v) is 8.06. The van der Waals surface area contributed by atoms with E-state index in [4.69, 9.17) is 11.5 Å². The van der Waals surface area contributed by atoms with Crippen LogP contribution in [0, 0.1) is 5.92 Å². The lowest BCUT2D eigenvalue weighted by atomic mass is 9.81. The van der Waals surface area contributed by atoms with Gasteiger partial charge >= 0.3 is 6.18 Å². The standard InChI is InChI=1S/C9H17F3N2/c10-9(11,12)8(14)7(13)6-4-2-1-3-5-6/h6-8H,1-5,13-14H2/t7-,8+/m0/s1. The first kappa shape index (κ1) is 11.8. The van der Waals surface area contributed by atoms with Crippen molar-refractivity contribution in [3.05, 3.63) is 0 Å². The summed E-state index contributed by atoms with van der Waals surface area (Å²) in [6.07, 6.45) is 0.253. The van der Waals surface area contributed by atoms with Crippen LogP contribution in [0.2, 0.25) is 0 Å². The molecule has 5 heteroatoms. The number of hydrogen-bond donors (Lipinski definition) is 2. The summed E-state index contributed by atoms with van der Waals surface area (Å²) in [5, 5.41) is 0. The van der Waals surface area contributed by atoms with E-state index in [0.717, 1.165) is 32.1 Å². The summed E-state index contributed by atoms with van der Waals surface area (Å²) < 4.78 is 36.7. The fraction of sp³-hybridized carbons (Fsp3) is 1.00. The van der Waals surface area contributed by atoms with Gasteiger partial charge in [-0.05, 0) is 18.8 Å². The van der Waals surface area contributed by atoms with Gasteiger partial charge in [0.1, 0.15) is 6.04 Å². The molecule has 0 spiro atoms. The molecule has 0 unspecified atom stereocenters. The Kier molecular flexibility index (Phi) is 3.78. The summed E-state index contributed by atoms with van der Waals surface area (Å²) >= 11 is 0. The second kappa shape index (κ2) is 4.49. The first-order valence-electron chi connectivity index (χ1n) is 5.01. The van der Waals surface area contributed by atoms with Crippen LogP contribution in [0.15, 0.2) is 0 Å². The zero-order chi connectivity index (χ0) is 10.8. The highest BCUT2D eigenvalue weighted by Gasteiger charge is 2.43. The van der Waals surface area contributed by atoms with Crippen LogP contribution in [0.3, 0.4) is 0 Å². The van der Waals surface area contributed by atoms with Gasteiger partial charge in [0, 0.05) is 6.04 Å². The Hall–Kier alpha value is -0.290. The summed E-state index contributed by atoms with van der Waals surface area (Å²) in [6.45, 7) is 0. The highest BCUT2D eigenvalue weighted by molar-refractivity contribution is 4.88. The largest absolute Gasteiger partial charge is 0.405 e. The van der Waals surface area contributed by atoms with Crippen LogP contribution < -0.4 is 11.5 Å². The van der Waals surface area contributed by atoms with E-state index in [0.29, 0.717) is 0 Å². The van der Waals surface area contributed by atoms with Crippen LogP contribution in [-0.2, 0) is 0 Å². The first-order valence-corrected chi connectivity index (χ1v) is 5.01. The van der Waals surface area contributed by atoms with Crippen molar-refractivity contribution >= 4 is 0 Å². The van der Waals surface area contributed by atoms with E-state index < -0.39 is 18.3 Å². The molecule has 0 radical (unpaired) electrons. The van der Waals surface area contributed by atoms with E-state index in [1.807, 2.05) is 0 Å². The highest BCUT2D eigenvalue weighted by atomic mass is 19.4. The predicted octanol–water partition coefficient (Wildman–Crippen LogP) is 1.78. The van der Waals surface area contributed by atoms with Gasteiger partial charge in [-0.15, -0.1) is 0 Å². The van der Waals surface area contributed by atoms with Crippen molar-refractivity contribution in [3.63, 3.8) is 0 Å². The van der Waals surface area contributed by atoms with Crippen molar-refractivity contribution in [2.45, 2.75) is 50.4 Å². The summed E-state index contributed by atoms with van der Waals surface area (Å²) in [7, 11) is 0. The molecule has 0 aromatic heterocycles. The molecule has 0 amide bonds. The van der Waals surface area contributed by atoms with E-state index >= 15 is 0 Å². The summed E-state index contributed by atoms with van der Waals surface area (Å²) in [4.78, 5) is 0. The zero-order valence-electron chi connectivity index (χ0n) is 8.06. The van der Waals surface area contributed by atoms with E-state index in [1.165, 1.54) is 0 Å². The molecule has 0 bridgehead atoms. The maximum atomic E-state index is 12.2. The fourth-order valence-corrected chi connectivity index (χ4v) is 2.03. The Morgan fingerprint density at radius 1 is 1.00 bits per heavy atom. The minimum absolute atomic E-state index is 0.0552. The number of nitrogens with two attached hydrogens (primary N) is 2. The predicted molar refractivity (Wildman–Crippen MR) is 48.6 cm³/mol. The van der Waals surface area contributed by atoms with Gasteiger partial charge in [0.2, 0.25) is 0 Å². The molecule has 0 saturated heterocycles. The highest BCUT2D eigenvalue weighted by Crippen LogP contribution is 2.30. The molecule has 0 aromatic rings. The molecule has 2 atom stereocenters. The number of hydrogen-bond acceptors (Lipinski definition) is 2. The van der Waals surface area contributed by atoms with E-state index in [1.54, 1.807) is 0 Å². The van der Waals surface area contributed by atoms with E-state index in [-0.39, 0.29) is 5.92 Å². The van der Waals surface area contributed by atoms with Crippen LogP contribution in [0.25, 0.3) is 0 Å². The van der Waals surface area contributed by atoms with Crippen LogP contribution in [-0.4, -0.2) is 18.3 Å². The number of alkyl halides is 3. The Morgan fingerprint density at radius 2 is 1.50 bits per heavy atom. The summed E-state index contributed by atoms with van der Waals surface area (Å²) in [5.41, 5.74) is 10.6. The first-order chi connectivity index (χ1) is 6.43. The minimum Gasteiger partial charge on any atom is -0.326 e. The van der Waals surface area contributed by atoms with E-state index in [2.05, 4.69) is 0 Å². The number of halogens is 3.